The monoisotopic (exact) mass is 376 g/mol. The van der Waals surface area contributed by atoms with E-state index in [9.17, 15) is 19.7 Å². The Bertz CT molecular complexity index is 889. The van der Waals surface area contributed by atoms with Gasteiger partial charge in [0.25, 0.3) is 11.6 Å². The lowest BCUT2D eigenvalue weighted by Crippen LogP contribution is -2.21. The van der Waals surface area contributed by atoms with Crippen molar-refractivity contribution in [3.63, 3.8) is 0 Å². The Morgan fingerprint density at radius 3 is 2.56 bits per heavy atom. The molecule has 142 valence electrons. The maximum absolute atomic E-state index is 12.1. The van der Waals surface area contributed by atoms with E-state index in [4.69, 9.17) is 18.6 Å². The maximum Gasteiger partial charge on any atom is 0.374 e. The van der Waals surface area contributed by atoms with E-state index in [-0.39, 0.29) is 28.6 Å². The van der Waals surface area contributed by atoms with Gasteiger partial charge in [0, 0.05) is 12.5 Å². The number of esters is 1. The number of benzene rings is 1. The van der Waals surface area contributed by atoms with Crippen molar-refractivity contribution in [2.24, 2.45) is 0 Å². The number of nitrogens with one attached hydrogen (secondary N) is 1. The number of hydrogen-bond acceptors (Lipinski definition) is 8. The largest absolute Gasteiger partial charge is 0.489 e. The van der Waals surface area contributed by atoms with Crippen LogP contribution in [0.15, 0.2) is 28.7 Å². The molecule has 1 aliphatic heterocycles. The second-order valence-corrected chi connectivity index (χ2v) is 5.66. The number of aryl methyl sites for hydroxylation is 1. The average molecular weight is 376 g/mol. The van der Waals surface area contributed by atoms with Gasteiger partial charge in [-0.15, -0.1) is 0 Å². The van der Waals surface area contributed by atoms with Crippen LogP contribution in [0.4, 0.5) is 11.4 Å². The van der Waals surface area contributed by atoms with Gasteiger partial charge in [-0.3, -0.25) is 14.9 Å². The number of ether oxygens (including phenoxy) is 3. The minimum atomic E-state index is -0.814. The number of hydrogen-bond donors (Lipinski definition) is 1. The highest BCUT2D eigenvalue weighted by atomic mass is 16.6. The second-order valence-electron chi connectivity index (χ2n) is 5.66. The number of nitrogens with zero attached hydrogens (tertiary/aromatic N) is 1. The molecular weight excluding hydrogens is 360 g/mol. The van der Waals surface area contributed by atoms with Crippen molar-refractivity contribution in [2.45, 2.75) is 13.3 Å². The van der Waals surface area contributed by atoms with E-state index >= 15 is 0 Å². The summed E-state index contributed by atoms with van der Waals surface area (Å²) in [5.41, 5.74) is -0.445. The summed E-state index contributed by atoms with van der Waals surface area (Å²) >= 11 is 0. The van der Waals surface area contributed by atoms with Crippen LogP contribution in [0.3, 0.4) is 0 Å². The normalized spacial score (nSPS) is 12.8. The van der Waals surface area contributed by atoms with Crippen molar-refractivity contribution in [1.29, 1.82) is 0 Å². The number of anilines is 1. The van der Waals surface area contributed by atoms with Crippen LogP contribution in [0.1, 0.15) is 22.7 Å². The van der Waals surface area contributed by atoms with E-state index in [2.05, 4.69) is 5.32 Å². The highest BCUT2D eigenvalue weighted by Crippen LogP contribution is 2.39. The summed E-state index contributed by atoms with van der Waals surface area (Å²) in [6.07, 6.45) is 0.631. The van der Waals surface area contributed by atoms with Gasteiger partial charge in [-0.25, -0.2) is 4.79 Å². The number of fused-ring (bicyclic) bond motifs is 1. The summed E-state index contributed by atoms with van der Waals surface area (Å²) < 4.78 is 20.8. The lowest BCUT2D eigenvalue weighted by atomic mass is 10.2. The molecule has 1 aromatic carbocycles. The number of nitro benzene ring substituents is 1. The quantitative estimate of drug-likeness (QED) is 0.478. The van der Waals surface area contributed by atoms with Crippen LogP contribution in [0, 0.1) is 17.0 Å². The number of nitro groups is 1. The van der Waals surface area contributed by atoms with Crippen molar-refractivity contribution >= 4 is 23.3 Å². The third kappa shape index (κ3) is 4.35. The maximum atomic E-state index is 12.1. The number of amides is 1. The zero-order chi connectivity index (χ0) is 19.4. The summed E-state index contributed by atoms with van der Waals surface area (Å²) in [6, 6.07) is 5.50. The molecular formula is C17H16N2O8. The fourth-order valence-corrected chi connectivity index (χ4v) is 2.38. The molecule has 2 heterocycles. The van der Waals surface area contributed by atoms with Crippen LogP contribution >= 0.6 is 0 Å². The fraction of sp³-hybridized carbons (Fsp3) is 0.294. The molecule has 1 aromatic heterocycles. The minimum absolute atomic E-state index is 0.0399. The topological polar surface area (TPSA) is 130 Å². The first-order valence-corrected chi connectivity index (χ1v) is 8.05. The van der Waals surface area contributed by atoms with Gasteiger partial charge in [0.2, 0.25) is 5.76 Å². The smallest absolute Gasteiger partial charge is 0.374 e. The molecule has 3 rings (SSSR count). The molecule has 0 bridgehead atoms. The molecule has 1 N–H and O–H groups in total. The van der Waals surface area contributed by atoms with Crippen molar-refractivity contribution in [1.82, 2.24) is 0 Å². The Balaban J connectivity index is 1.70. The van der Waals surface area contributed by atoms with Crippen LogP contribution in [0.5, 0.6) is 11.5 Å². The van der Waals surface area contributed by atoms with Crippen molar-refractivity contribution in [3.8, 4) is 11.5 Å². The van der Waals surface area contributed by atoms with Crippen LogP contribution in [-0.4, -0.2) is 36.6 Å². The lowest BCUT2D eigenvalue weighted by Gasteiger charge is -2.11. The summed E-state index contributed by atoms with van der Waals surface area (Å²) in [5, 5.41) is 13.6. The molecule has 10 heteroatoms. The first-order chi connectivity index (χ1) is 12.9. The zero-order valence-corrected chi connectivity index (χ0v) is 14.4. The SMILES string of the molecule is Cc1ccc(C(=O)OCC(=O)Nc2cc3c(cc2[N+](=O)[O-])OCCCO3)o1. The molecule has 27 heavy (non-hydrogen) atoms. The molecule has 1 aliphatic rings. The van der Waals surface area contributed by atoms with Gasteiger partial charge in [0.05, 0.1) is 24.2 Å². The van der Waals surface area contributed by atoms with Crippen molar-refractivity contribution in [2.75, 3.05) is 25.1 Å². The molecule has 10 nitrogen and oxygen atoms in total. The molecule has 0 radical (unpaired) electrons. The third-order valence-corrected chi connectivity index (χ3v) is 3.61. The predicted molar refractivity (Wildman–Crippen MR) is 91.1 cm³/mol. The summed E-state index contributed by atoms with van der Waals surface area (Å²) in [4.78, 5) is 34.5. The summed E-state index contributed by atoms with van der Waals surface area (Å²) in [7, 11) is 0. The van der Waals surface area contributed by atoms with Gasteiger partial charge in [-0.05, 0) is 19.1 Å². The van der Waals surface area contributed by atoms with Gasteiger partial charge in [-0.1, -0.05) is 0 Å². The molecule has 0 unspecified atom stereocenters. The molecule has 0 saturated heterocycles. The highest BCUT2D eigenvalue weighted by molar-refractivity contribution is 5.96. The van der Waals surface area contributed by atoms with E-state index in [0.29, 0.717) is 25.4 Å². The third-order valence-electron chi connectivity index (χ3n) is 3.61. The Hall–Kier alpha value is -3.56. The Kier molecular flexibility index (Phi) is 5.25. The van der Waals surface area contributed by atoms with Crippen LogP contribution in [0.2, 0.25) is 0 Å². The van der Waals surface area contributed by atoms with Gasteiger partial charge >= 0.3 is 5.97 Å². The number of carbonyl (C=O) groups excluding carboxylic acids is 2. The molecule has 2 aromatic rings. The van der Waals surface area contributed by atoms with E-state index in [1.54, 1.807) is 13.0 Å². The van der Waals surface area contributed by atoms with Gasteiger partial charge in [-0.2, -0.15) is 0 Å². The molecule has 0 aliphatic carbocycles. The van der Waals surface area contributed by atoms with Crippen LogP contribution in [0.25, 0.3) is 0 Å². The van der Waals surface area contributed by atoms with Gasteiger partial charge < -0.3 is 23.9 Å². The summed E-state index contributed by atoms with van der Waals surface area (Å²) in [5.74, 6) is -0.556. The first-order valence-electron chi connectivity index (χ1n) is 8.05. The van der Waals surface area contributed by atoms with Crippen molar-refractivity contribution in [3.05, 3.63) is 45.9 Å². The summed E-state index contributed by atoms with van der Waals surface area (Å²) in [6.45, 7) is 1.79. The standard InChI is InChI=1S/C17H16N2O8/c1-10-3-4-13(27-10)17(21)26-9-16(20)18-11-7-14-15(8-12(11)19(22)23)25-6-2-5-24-14/h3-4,7-8H,2,5-6,9H2,1H3,(H,18,20). The Morgan fingerprint density at radius 2 is 1.93 bits per heavy atom. The Morgan fingerprint density at radius 1 is 1.22 bits per heavy atom. The average Bonchev–Trinajstić information content (AvgIpc) is 2.93. The number of furan rings is 1. The predicted octanol–water partition coefficient (Wildman–Crippen LogP) is 2.45. The molecule has 1 amide bonds. The van der Waals surface area contributed by atoms with E-state index < -0.39 is 23.4 Å². The first kappa shape index (κ1) is 18.2. The lowest BCUT2D eigenvalue weighted by molar-refractivity contribution is -0.384. The van der Waals surface area contributed by atoms with Crippen LogP contribution < -0.4 is 14.8 Å². The fourth-order valence-electron chi connectivity index (χ4n) is 2.38. The van der Waals surface area contributed by atoms with E-state index in [1.165, 1.54) is 18.2 Å². The molecule has 0 fully saturated rings. The van der Waals surface area contributed by atoms with Gasteiger partial charge in [0.15, 0.2) is 18.1 Å². The number of rotatable bonds is 5. The van der Waals surface area contributed by atoms with Crippen molar-refractivity contribution < 1.29 is 33.1 Å². The minimum Gasteiger partial charge on any atom is -0.489 e. The van der Waals surface area contributed by atoms with E-state index in [0.717, 1.165) is 0 Å². The Labute approximate surface area is 153 Å². The van der Waals surface area contributed by atoms with Gasteiger partial charge in [0.1, 0.15) is 11.4 Å². The number of carbonyl (C=O) groups is 2. The van der Waals surface area contributed by atoms with E-state index in [1.807, 2.05) is 0 Å². The zero-order valence-electron chi connectivity index (χ0n) is 14.4. The molecule has 0 spiro atoms. The molecule has 0 saturated carbocycles. The highest BCUT2D eigenvalue weighted by Gasteiger charge is 2.23. The molecule has 0 atom stereocenters. The second kappa shape index (κ2) is 7.77. The van der Waals surface area contributed by atoms with Crippen LogP contribution in [-0.2, 0) is 9.53 Å².